The predicted molar refractivity (Wildman–Crippen MR) is 73.8 cm³/mol. The van der Waals surface area contributed by atoms with Gasteiger partial charge in [-0.25, -0.2) is 4.79 Å². The third kappa shape index (κ3) is 3.08. The molecule has 2 N–H and O–H groups in total. The molecule has 5 heteroatoms. The molecule has 1 aliphatic carbocycles. The number of nitrogens with zero attached hydrogens (tertiary/aromatic N) is 1. The number of rotatable bonds is 3. The van der Waals surface area contributed by atoms with Crippen LogP contribution in [0, 0.1) is 0 Å². The third-order valence-electron chi connectivity index (χ3n) is 3.94. The highest BCUT2D eigenvalue weighted by atomic mass is 16.2. The summed E-state index contributed by atoms with van der Waals surface area (Å²) in [7, 11) is 0. The zero-order valence-electron chi connectivity index (χ0n) is 12.2. The van der Waals surface area contributed by atoms with E-state index < -0.39 is 5.54 Å². The van der Waals surface area contributed by atoms with Crippen LogP contribution >= 0.6 is 0 Å². The van der Waals surface area contributed by atoms with Crippen molar-refractivity contribution in [1.29, 1.82) is 0 Å². The molecule has 3 amide bonds. The summed E-state index contributed by atoms with van der Waals surface area (Å²) in [4.78, 5) is 25.8. The van der Waals surface area contributed by atoms with E-state index >= 15 is 0 Å². The van der Waals surface area contributed by atoms with Crippen molar-refractivity contribution in [3.63, 3.8) is 0 Å². The van der Waals surface area contributed by atoms with Crippen molar-refractivity contribution in [3.8, 4) is 0 Å². The fourth-order valence-corrected chi connectivity index (χ4v) is 2.92. The highest BCUT2D eigenvalue weighted by Crippen LogP contribution is 2.33. The van der Waals surface area contributed by atoms with Crippen molar-refractivity contribution in [2.75, 3.05) is 13.1 Å². The van der Waals surface area contributed by atoms with Gasteiger partial charge in [0.1, 0.15) is 5.54 Å². The fraction of sp³-hybridized carbons (Fsp3) is 0.857. The Hall–Kier alpha value is -1.10. The number of hydrogen-bond donors (Lipinski definition) is 2. The molecule has 1 spiro atoms. The van der Waals surface area contributed by atoms with Gasteiger partial charge < -0.3 is 10.6 Å². The van der Waals surface area contributed by atoms with Crippen molar-refractivity contribution < 1.29 is 9.59 Å². The summed E-state index contributed by atoms with van der Waals surface area (Å²) in [6, 6.07) is -0.220. The number of urea groups is 1. The molecule has 19 heavy (non-hydrogen) atoms. The Morgan fingerprint density at radius 2 is 1.84 bits per heavy atom. The average Bonchev–Trinajstić information content (AvgIpc) is 2.53. The lowest BCUT2D eigenvalue weighted by atomic mass is 9.82. The smallest absolute Gasteiger partial charge is 0.323 e. The summed E-state index contributed by atoms with van der Waals surface area (Å²) in [5.41, 5.74) is -0.584. The maximum Gasteiger partial charge on any atom is 0.325 e. The first-order valence-corrected chi connectivity index (χ1v) is 7.23. The predicted octanol–water partition coefficient (Wildman–Crippen LogP) is 1.63. The summed E-state index contributed by atoms with van der Waals surface area (Å²) in [6.07, 6.45) is 4.80. The molecule has 2 rings (SSSR count). The minimum Gasteiger partial charge on any atom is -0.323 e. The molecule has 1 heterocycles. The number of carbonyl (C=O) groups excluding carboxylic acids is 2. The van der Waals surface area contributed by atoms with Crippen molar-refractivity contribution in [2.45, 2.75) is 64.0 Å². The molecule has 108 valence electrons. The quantitative estimate of drug-likeness (QED) is 0.764. The highest BCUT2D eigenvalue weighted by Gasteiger charge is 2.50. The van der Waals surface area contributed by atoms with Gasteiger partial charge in [0.15, 0.2) is 0 Å². The lowest BCUT2D eigenvalue weighted by Gasteiger charge is -2.30. The molecule has 1 saturated carbocycles. The van der Waals surface area contributed by atoms with E-state index in [0.717, 1.165) is 32.1 Å². The average molecular weight is 267 g/mol. The van der Waals surface area contributed by atoms with Gasteiger partial charge in [0.05, 0.1) is 0 Å². The number of hydrogen-bond acceptors (Lipinski definition) is 3. The van der Waals surface area contributed by atoms with Gasteiger partial charge in [0.2, 0.25) is 0 Å². The van der Waals surface area contributed by atoms with Gasteiger partial charge in [-0.1, -0.05) is 19.3 Å². The first-order valence-electron chi connectivity index (χ1n) is 7.23. The molecule has 2 fully saturated rings. The van der Waals surface area contributed by atoms with Crippen LogP contribution in [0.15, 0.2) is 0 Å². The minimum absolute atomic E-state index is 0.00176. The molecule has 0 aromatic rings. The molecule has 0 bridgehead atoms. The molecule has 0 aromatic heterocycles. The number of amides is 3. The van der Waals surface area contributed by atoms with Gasteiger partial charge in [-0.15, -0.1) is 0 Å². The Morgan fingerprint density at radius 1 is 1.21 bits per heavy atom. The van der Waals surface area contributed by atoms with E-state index in [9.17, 15) is 9.59 Å². The zero-order valence-corrected chi connectivity index (χ0v) is 12.2. The van der Waals surface area contributed by atoms with E-state index in [-0.39, 0.29) is 17.5 Å². The maximum atomic E-state index is 12.5. The third-order valence-corrected chi connectivity index (χ3v) is 3.94. The van der Waals surface area contributed by atoms with Gasteiger partial charge in [-0.05, 0) is 33.6 Å². The van der Waals surface area contributed by atoms with E-state index in [1.165, 1.54) is 4.90 Å². The Kier molecular flexibility index (Phi) is 3.85. The van der Waals surface area contributed by atoms with Gasteiger partial charge in [0, 0.05) is 18.6 Å². The van der Waals surface area contributed by atoms with E-state index in [4.69, 9.17) is 0 Å². The summed E-state index contributed by atoms with van der Waals surface area (Å²) >= 11 is 0. The fourth-order valence-electron chi connectivity index (χ4n) is 2.92. The number of carbonyl (C=O) groups is 2. The van der Waals surface area contributed by atoms with Gasteiger partial charge >= 0.3 is 6.03 Å². The second kappa shape index (κ2) is 5.12. The van der Waals surface area contributed by atoms with Crippen LogP contribution in [-0.2, 0) is 4.79 Å². The summed E-state index contributed by atoms with van der Waals surface area (Å²) in [5, 5.41) is 6.23. The Balaban J connectivity index is 1.95. The van der Waals surface area contributed by atoms with E-state index in [0.29, 0.717) is 13.1 Å². The van der Waals surface area contributed by atoms with E-state index in [2.05, 4.69) is 31.4 Å². The molecule has 0 atom stereocenters. The van der Waals surface area contributed by atoms with Crippen molar-refractivity contribution >= 4 is 11.9 Å². The molecule has 2 aliphatic rings. The van der Waals surface area contributed by atoms with Crippen molar-refractivity contribution in [1.82, 2.24) is 15.5 Å². The molecule has 1 aliphatic heterocycles. The summed E-state index contributed by atoms with van der Waals surface area (Å²) < 4.78 is 0. The van der Waals surface area contributed by atoms with Gasteiger partial charge in [-0.2, -0.15) is 0 Å². The van der Waals surface area contributed by atoms with Crippen LogP contribution in [-0.4, -0.2) is 41.0 Å². The van der Waals surface area contributed by atoms with Crippen LogP contribution in [0.4, 0.5) is 4.79 Å². The van der Waals surface area contributed by atoms with Crippen LogP contribution in [0.3, 0.4) is 0 Å². The molecule has 5 nitrogen and oxygen atoms in total. The first kappa shape index (κ1) is 14.3. The molecular weight excluding hydrogens is 242 g/mol. The lowest BCUT2D eigenvalue weighted by Crippen LogP contribution is -2.49. The Morgan fingerprint density at radius 3 is 2.42 bits per heavy atom. The van der Waals surface area contributed by atoms with Crippen molar-refractivity contribution in [2.24, 2.45) is 0 Å². The molecule has 0 unspecified atom stereocenters. The standard InChI is InChI=1S/C14H25N3O2/c1-13(2,3)15-9-10-17-11(18)14(16-12(17)19)7-5-4-6-8-14/h15H,4-10H2,1-3H3,(H,16,19). The monoisotopic (exact) mass is 267 g/mol. The Labute approximate surface area is 115 Å². The second-order valence-corrected chi connectivity index (χ2v) is 6.71. The molecule has 1 saturated heterocycles. The molecule has 0 radical (unpaired) electrons. The van der Waals surface area contributed by atoms with Crippen LogP contribution in [0.1, 0.15) is 52.9 Å². The Bertz CT molecular complexity index is 367. The first-order chi connectivity index (χ1) is 8.84. The van der Waals surface area contributed by atoms with E-state index in [1.54, 1.807) is 0 Å². The number of nitrogens with one attached hydrogen (secondary N) is 2. The van der Waals surface area contributed by atoms with Gasteiger partial charge in [-0.3, -0.25) is 9.69 Å². The van der Waals surface area contributed by atoms with Crippen LogP contribution < -0.4 is 10.6 Å². The highest BCUT2D eigenvalue weighted by molar-refractivity contribution is 6.07. The zero-order chi connectivity index (χ0) is 14.1. The second-order valence-electron chi connectivity index (χ2n) is 6.71. The summed E-state index contributed by atoms with van der Waals surface area (Å²) in [6.45, 7) is 7.30. The van der Waals surface area contributed by atoms with Crippen molar-refractivity contribution in [3.05, 3.63) is 0 Å². The topological polar surface area (TPSA) is 61.4 Å². The van der Waals surface area contributed by atoms with Crippen LogP contribution in [0.25, 0.3) is 0 Å². The number of imide groups is 1. The maximum absolute atomic E-state index is 12.5. The largest absolute Gasteiger partial charge is 0.325 e. The van der Waals surface area contributed by atoms with Gasteiger partial charge in [0.25, 0.3) is 5.91 Å². The molecule has 0 aromatic carbocycles. The molecular formula is C14H25N3O2. The lowest BCUT2D eigenvalue weighted by molar-refractivity contribution is -0.132. The summed E-state index contributed by atoms with van der Waals surface area (Å²) in [5.74, 6) is -0.0205. The SMILES string of the molecule is CC(C)(C)NCCN1C(=O)NC2(CCCCC2)C1=O. The van der Waals surface area contributed by atoms with E-state index in [1.807, 2.05) is 0 Å². The van der Waals surface area contributed by atoms with Crippen LogP contribution in [0.5, 0.6) is 0 Å². The van der Waals surface area contributed by atoms with Crippen LogP contribution in [0.2, 0.25) is 0 Å². The minimum atomic E-state index is -0.586. The normalized spacial score (nSPS) is 23.0.